The Hall–Kier alpha value is -0.210. The highest BCUT2D eigenvalue weighted by molar-refractivity contribution is 7.87. The van der Waals surface area contributed by atoms with Crippen LogP contribution >= 0.6 is 0 Å². The Morgan fingerprint density at radius 2 is 1.69 bits per heavy atom. The third kappa shape index (κ3) is 3.39. The minimum atomic E-state index is -3.60. The molecule has 0 saturated carbocycles. The summed E-state index contributed by atoms with van der Waals surface area (Å²) in [6.07, 6.45) is 2.76. The summed E-state index contributed by atoms with van der Waals surface area (Å²) in [6, 6.07) is 0. The summed E-state index contributed by atoms with van der Waals surface area (Å²) in [6.45, 7) is 1.60. The number of hydrogen-bond donors (Lipinski definition) is 3. The SMILES string of the molecule is CC(CO)(CO)NS(=O)(=O)N1CCCCC1. The highest BCUT2D eigenvalue weighted by Gasteiger charge is 2.32. The summed E-state index contributed by atoms with van der Waals surface area (Å²) in [7, 11) is -3.60. The summed E-state index contributed by atoms with van der Waals surface area (Å²) in [5, 5.41) is 18.1. The first-order valence-corrected chi connectivity index (χ1v) is 6.88. The van der Waals surface area contributed by atoms with Crippen LogP contribution in [-0.4, -0.2) is 54.8 Å². The molecule has 0 aromatic heterocycles. The Morgan fingerprint density at radius 3 is 2.12 bits per heavy atom. The molecule has 1 rings (SSSR count). The van der Waals surface area contributed by atoms with Gasteiger partial charge >= 0.3 is 0 Å². The molecule has 0 aromatic rings. The maximum atomic E-state index is 11.9. The number of hydrogen-bond acceptors (Lipinski definition) is 4. The molecule has 96 valence electrons. The van der Waals surface area contributed by atoms with E-state index in [9.17, 15) is 8.42 Å². The van der Waals surface area contributed by atoms with Gasteiger partial charge in [0.2, 0.25) is 0 Å². The first-order valence-electron chi connectivity index (χ1n) is 5.44. The zero-order valence-corrected chi connectivity index (χ0v) is 10.3. The number of nitrogens with zero attached hydrogens (tertiary/aromatic N) is 1. The van der Waals surface area contributed by atoms with Crippen molar-refractivity contribution in [2.75, 3.05) is 26.3 Å². The predicted octanol–water partition coefficient (Wildman–Crippen LogP) is -0.950. The van der Waals surface area contributed by atoms with Gasteiger partial charge in [0.1, 0.15) is 0 Å². The number of nitrogens with one attached hydrogen (secondary N) is 1. The average molecular weight is 252 g/mol. The molecule has 0 bridgehead atoms. The molecule has 7 heteroatoms. The molecule has 1 aliphatic heterocycles. The smallest absolute Gasteiger partial charge is 0.280 e. The Bertz CT molecular complexity index is 307. The van der Waals surface area contributed by atoms with Gasteiger partial charge in [-0.15, -0.1) is 0 Å². The first-order chi connectivity index (χ1) is 7.43. The van der Waals surface area contributed by atoms with Crippen LogP contribution in [0.1, 0.15) is 26.2 Å². The Kier molecular flexibility index (Phi) is 4.69. The van der Waals surface area contributed by atoms with E-state index in [-0.39, 0.29) is 0 Å². The van der Waals surface area contributed by atoms with Gasteiger partial charge in [-0.1, -0.05) is 6.42 Å². The standard InChI is InChI=1S/C9H20N2O4S/c1-9(7-12,8-13)10-16(14,15)11-5-3-2-4-6-11/h10,12-13H,2-8H2,1H3. The fourth-order valence-electron chi connectivity index (χ4n) is 1.60. The molecule has 6 nitrogen and oxygen atoms in total. The number of rotatable bonds is 5. The fraction of sp³-hybridized carbons (Fsp3) is 1.00. The van der Waals surface area contributed by atoms with Gasteiger partial charge in [0, 0.05) is 13.1 Å². The van der Waals surface area contributed by atoms with E-state index < -0.39 is 29.0 Å². The second-order valence-electron chi connectivity index (χ2n) is 4.44. The lowest BCUT2D eigenvalue weighted by Crippen LogP contribution is -2.56. The molecule has 1 aliphatic rings. The van der Waals surface area contributed by atoms with Crippen molar-refractivity contribution in [1.82, 2.24) is 9.03 Å². The highest BCUT2D eigenvalue weighted by Crippen LogP contribution is 2.14. The lowest BCUT2D eigenvalue weighted by atomic mass is 10.1. The summed E-state index contributed by atoms with van der Waals surface area (Å²) in [4.78, 5) is 0. The molecule has 0 amide bonds. The van der Waals surface area contributed by atoms with E-state index in [4.69, 9.17) is 10.2 Å². The minimum absolute atomic E-state index is 0.434. The van der Waals surface area contributed by atoms with Crippen molar-refractivity contribution in [1.29, 1.82) is 0 Å². The predicted molar refractivity (Wildman–Crippen MR) is 60.1 cm³/mol. The van der Waals surface area contributed by atoms with Gasteiger partial charge in [-0.3, -0.25) is 0 Å². The lowest BCUT2D eigenvalue weighted by molar-refractivity contribution is 0.119. The quantitative estimate of drug-likeness (QED) is 0.588. The molecule has 1 fully saturated rings. The molecule has 1 saturated heterocycles. The van der Waals surface area contributed by atoms with Crippen LogP contribution in [0.4, 0.5) is 0 Å². The van der Waals surface area contributed by atoms with E-state index in [0.717, 1.165) is 19.3 Å². The summed E-state index contributed by atoms with van der Waals surface area (Å²) >= 11 is 0. The van der Waals surface area contributed by atoms with Crippen molar-refractivity contribution >= 4 is 10.2 Å². The Balaban J connectivity index is 2.70. The molecule has 1 heterocycles. The van der Waals surface area contributed by atoms with Crippen LogP contribution < -0.4 is 4.72 Å². The second-order valence-corrected chi connectivity index (χ2v) is 6.11. The zero-order chi connectivity index (χ0) is 12.2. The maximum Gasteiger partial charge on any atom is 0.280 e. The molecule has 0 radical (unpaired) electrons. The van der Waals surface area contributed by atoms with Crippen molar-refractivity contribution in [3.05, 3.63) is 0 Å². The van der Waals surface area contributed by atoms with E-state index in [2.05, 4.69) is 4.72 Å². The summed E-state index contributed by atoms with van der Waals surface area (Å²) in [5.41, 5.74) is -1.20. The Labute approximate surface area is 96.4 Å². The van der Waals surface area contributed by atoms with Gasteiger partial charge in [-0.2, -0.15) is 17.4 Å². The minimum Gasteiger partial charge on any atom is -0.394 e. The van der Waals surface area contributed by atoms with Gasteiger partial charge in [0.15, 0.2) is 0 Å². The van der Waals surface area contributed by atoms with Crippen molar-refractivity contribution in [3.8, 4) is 0 Å². The van der Waals surface area contributed by atoms with Gasteiger partial charge in [0.25, 0.3) is 10.2 Å². The van der Waals surface area contributed by atoms with Crippen LogP contribution in [0.3, 0.4) is 0 Å². The van der Waals surface area contributed by atoms with Crippen molar-refractivity contribution in [3.63, 3.8) is 0 Å². The van der Waals surface area contributed by atoms with Crippen molar-refractivity contribution in [2.24, 2.45) is 0 Å². The molecule has 0 atom stereocenters. The van der Waals surface area contributed by atoms with Crippen molar-refractivity contribution in [2.45, 2.75) is 31.7 Å². The fourth-order valence-corrected chi connectivity index (χ4v) is 3.22. The molecule has 0 spiro atoms. The van der Waals surface area contributed by atoms with Gasteiger partial charge in [-0.05, 0) is 19.8 Å². The molecular formula is C9H20N2O4S. The number of piperidine rings is 1. The first kappa shape index (κ1) is 13.9. The summed E-state index contributed by atoms with van der Waals surface area (Å²) in [5.74, 6) is 0. The number of aliphatic hydroxyl groups is 2. The van der Waals surface area contributed by atoms with E-state index in [0.29, 0.717) is 13.1 Å². The molecule has 16 heavy (non-hydrogen) atoms. The average Bonchev–Trinajstić information content (AvgIpc) is 2.29. The van der Waals surface area contributed by atoms with Crippen LogP contribution in [0, 0.1) is 0 Å². The molecule has 0 aliphatic carbocycles. The van der Waals surface area contributed by atoms with Crippen LogP contribution in [0.2, 0.25) is 0 Å². The largest absolute Gasteiger partial charge is 0.394 e. The lowest BCUT2D eigenvalue weighted by Gasteiger charge is -2.32. The molecule has 0 unspecified atom stereocenters. The number of aliphatic hydroxyl groups excluding tert-OH is 2. The van der Waals surface area contributed by atoms with Crippen LogP contribution in [-0.2, 0) is 10.2 Å². The van der Waals surface area contributed by atoms with Gasteiger partial charge in [0.05, 0.1) is 18.8 Å². The molecule has 3 N–H and O–H groups in total. The third-order valence-electron chi connectivity index (χ3n) is 2.73. The van der Waals surface area contributed by atoms with Crippen LogP contribution in [0.15, 0.2) is 0 Å². The molecular weight excluding hydrogens is 232 g/mol. The van der Waals surface area contributed by atoms with Gasteiger partial charge < -0.3 is 10.2 Å². The van der Waals surface area contributed by atoms with Crippen LogP contribution in [0.25, 0.3) is 0 Å². The normalized spacial score (nSPS) is 19.9. The van der Waals surface area contributed by atoms with E-state index in [1.807, 2.05) is 0 Å². The summed E-state index contributed by atoms with van der Waals surface area (Å²) < 4.78 is 27.5. The highest BCUT2D eigenvalue weighted by atomic mass is 32.2. The Morgan fingerprint density at radius 1 is 1.19 bits per heavy atom. The maximum absolute atomic E-state index is 11.9. The van der Waals surface area contributed by atoms with Crippen molar-refractivity contribution < 1.29 is 18.6 Å². The molecule has 0 aromatic carbocycles. The van der Waals surface area contributed by atoms with Crippen LogP contribution in [0.5, 0.6) is 0 Å². The third-order valence-corrected chi connectivity index (χ3v) is 4.52. The van der Waals surface area contributed by atoms with E-state index in [1.165, 1.54) is 11.2 Å². The van der Waals surface area contributed by atoms with E-state index in [1.54, 1.807) is 0 Å². The zero-order valence-electron chi connectivity index (χ0n) is 9.52. The topological polar surface area (TPSA) is 89.9 Å². The monoisotopic (exact) mass is 252 g/mol. The van der Waals surface area contributed by atoms with Gasteiger partial charge in [-0.25, -0.2) is 0 Å². The van der Waals surface area contributed by atoms with E-state index >= 15 is 0 Å². The second kappa shape index (κ2) is 5.42.